The standard InChI is InChI=1S/C25H24N6O3/c1-16-13-23(32)29(24(16)33)12-4-11-28-19-6-3-2-5-18(19)27-22(28)15-30-21-14-26-10-9-20(21)31(25(30)34)17-7-8-17/h2-3,5-6,9-10,13-14,17H,4,7-8,11-12,15H2,1H3. The largest absolute Gasteiger partial charge is 0.329 e. The number of benzene rings is 1. The summed E-state index contributed by atoms with van der Waals surface area (Å²) in [5.41, 5.74) is 3.94. The second kappa shape index (κ2) is 7.79. The number of hydrogen-bond donors (Lipinski definition) is 0. The molecule has 2 amide bonds. The number of carbonyl (C=O) groups excluding carboxylic acids is 2. The van der Waals surface area contributed by atoms with Gasteiger partial charge in [0.25, 0.3) is 11.8 Å². The number of carbonyl (C=O) groups is 2. The minimum absolute atomic E-state index is 0.0427. The van der Waals surface area contributed by atoms with Gasteiger partial charge in [0.05, 0.1) is 34.8 Å². The highest BCUT2D eigenvalue weighted by Crippen LogP contribution is 2.36. The van der Waals surface area contributed by atoms with E-state index < -0.39 is 0 Å². The number of pyridine rings is 1. The molecule has 0 spiro atoms. The molecule has 0 unspecified atom stereocenters. The SMILES string of the molecule is CC1=CC(=O)N(CCCn2c(Cn3c(=O)n(C4CC4)c4ccncc43)nc3ccccc32)C1=O. The minimum atomic E-state index is -0.259. The smallest absolute Gasteiger partial charge is 0.326 e. The molecule has 3 aromatic heterocycles. The summed E-state index contributed by atoms with van der Waals surface area (Å²) >= 11 is 0. The van der Waals surface area contributed by atoms with E-state index in [1.54, 1.807) is 23.9 Å². The lowest BCUT2D eigenvalue weighted by Crippen LogP contribution is -2.32. The van der Waals surface area contributed by atoms with Crippen molar-refractivity contribution in [2.75, 3.05) is 6.54 Å². The Hall–Kier alpha value is -4.01. The molecule has 1 aliphatic heterocycles. The van der Waals surface area contributed by atoms with E-state index in [1.807, 2.05) is 34.9 Å². The van der Waals surface area contributed by atoms with Gasteiger partial charge in [0, 0.05) is 37.0 Å². The second-order valence-electron chi connectivity index (χ2n) is 8.98. The maximum atomic E-state index is 13.4. The quantitative estimate of drug-likeness (QED) is 0.399. The molecule has 0 saturated heterocycles. The van der Waals surface area contributed by atoms with Gasteiger partial charge in [-0.15, -0.1) is 0 Å². The third-order valence-corrected chi connectivity index (χ3v) is 6.66. The summed E-state index contributed by atoms with van der Waals surface area (Å²) < 4.78 is 5.72. The average molecular weight is 457 g/mol. The van der Waals surface area contributed by atoms with Crippen LogP contribution in [0.25, 0.3) is 22.1 Å². The fraction of sp³-hybridized carbons (Fsp3) is 0.320. The molecule has 0 atom stereocenters. The zero-order valence-corrected chi connectivity index (χ0v) is 18.8. The number of amides is 2. The van der Waals surface area contributed by atoms with Gasteiger partial charge >= 0.3 is 5.69 Å². The van der Waals surface area contributed by atoms with Crippen LogP contribution in [0.4, 0.5) is 0 Å². The molecular formula is C25H24N6O3. The summed E-state index contributed by atoms with van der Waals surface area (Å²) in [5.74, 6) is 0.271. The van der Waals surface area contributed by atoms with Crippen molar-refractivity contribution in [2.24, 2.45) is 0 Å². The van der Waals surface area contributed by atoms with Crippen LogP contribution in [-0.2, 0) is 22.7 Å². The maximum Gasteiger partial charge on any atom is 0.329 e. The van der Waals surface area contributed by atoms with E-state index in [0.29, 0.717) is 31.6 Å². The van der Waals surface area contributed by atoms with E-state index in [-0.39, 0.29) is 23.5 Å². The molecule has 2 aliphatic rings. The third-order valence-electron chi connectivity index (χ3n) is 6.66. The number of imide groups is 1. The number of fused-ring (bicyclic) bond motifs is 2. The van der Waals surface area contributed by atoms with E-state index in [0.717, 1.165) is 40.7 Å². The van der Waals surface area contributed by atoms with Crippen LogP contribution in [0.5, 0.6) is 0 Å². The first-order valence-corrected chi connectivity index (χ1v) is 11.6. The summed E-state index contributed by atoms with van der Waals surface area (Å²) in [4.78, 5) is 48.1. The molecule has 34 heavy (non-hydrogen) atoms. The lowest BCUT2D eigenvalue weighted by atomic mass is 10.3. The summed E-state index contributed by atoms with van der Waals surface area (Å²) in [5, 5.41) is 0. The molecule has 1 aliphatic carbocycles. The van der Waals surface area contributed by atoms with Crippen LogP contribution < -0.4 is 5.69 Å². The monoisotopic (exact) mass is 456 g/mol. The fourth-order valence-electron chi connectivity index (χ4n) is 4.84. The van der Waals surface area contributed by atoms with Gasteiger partial charge in [0.1, 0.15) is 5.82 Å². The van der Waals surface area contributed by atoms with Crippen LogP contribution in [0.3, 0.4) is 0 Å². The molecule has 172 valence electrons. The first-order valence-electron chi connectivity index (χ1n) is 11.6. The maximum absolute atomic E-state index is 13.4. The molecule has 1 aromatic carbocycles. The third kappa shape index (κ3) is 3.27. The lowest BCUT2D eigenvalue weighted by Gasteiger charge is -2.15. The molecule has 4 aromatic rings. The Labute approximate surface area is 194 Å². The molecule has 4 heterocycles. The van der Waals surface area contributed by atoms with E-state index >= 15 is 0 Å². The Balaban J connectivity index is 1.34. The summed E-state index contributed by atoms with van der Waals surface area (Å²) in [7, 11) is 0. The number of hydrogen-bond acceptors (Lipinski definition) is 5. The molecule has 9 nitrogen and oxygen atoms in total. The molecule has 9 heteroatoms. The van der Waals surface area contributed by atoms with Crippen molar-refractivity contribution in [2.45, 2.75) is 45.3 Å². The first kappa shape index (κ1) is 20.6. The van der Waals surface area contributed by atoms with E-state index in [4.69, 9.17) is 4.98 Å². The van der Waals surface area contributed by atoms with Crippen molar-refractivity contribution >= 4 is 33.9 Å². The van der Waals surface area contributed by atoms with Crippen molar-refractivity contribution < 1.29 is 9.59 Å². The lowest BCUT2D eigenvalue weighted by molar-refractivity contribution is -0.137. The topological polar surface area (TPSA) is 95.0 Å². The van der Waals surface area contributed by atoms with Gasteiger partial charge in [-0.1, -0.05) is 12.1 Å². The van der Waals surface area contributed by atoms with Gasteiger partial charge in [-0.3, -0.25) is 28.6 Å². The molecule has 0 radical (unpaired) electrons. The Morgan fingerprint density at radius 3 is 2.56 bits per heavy atom. The number of nitrogens with zero attached hydrogens (tertiary/aromatic N) is 6. The Bertz CT molecular complexity index is 1550. The van der Waals surface area contributed by atoms with E-state index in [9.17, 15) is 14.4 Å². The summed E-state index contributed by atoms with van der Waals surface area (Å²) in [6.45, 7) is 2.88. The van der Waals surface area contributed by atoms with E-state index in [1.165, 1.54) is 11.0 Å². The van der Waals surface area contributed by atoms with Crippen LogP contribution in [-0.4, -0.2) is 46.9 Å². The predicted octanol–water partition coefficient (Wildman–Crippen LogP) is 2.64. The second-order valence-corrected chi connectivity index (χ2v) is 8.98. The first-order chi connectivity index (χ1) is 16.5. The van der Waals surface area contributed by atoms with Crippen LogP contribution in [0.1, 0.15) is 38.1 Å². The van der Waals surface area contributed by atoms with Gasteiger partial charge in [-0.25, -0.2) is 9.78 Å². The van der Waals surface area contributed by atoms with Crippen molar-refractivity contribution in [1.29, 1.82) is 0 Å². The molecule has 1 saturated carbocycles. The van der Waals surface area contributed by atoms with Crippen molar-refractivity contribution in [3.8, 4) is 0 Å². The molecule has 0 N–H and O–H groups in total. The van der Waals surface area contributed by atoms with Crippen molar-refractivity contribution in [1.82, 2.24) is 28.6 Å². The highest BCUT2D eigenvalue weighted by atomic mass is 16.2. The fourth-order valence-corrected chi connectivity index (χ4v) is 4.84. The Morgan fingerprint density at radius 2 is 1.79 bits per heavy atom. The zero-order chi connectivity index (χ0) is 23.4. The number of aryl methyl sites for hydroxylation is 1. The normalized spacial score (nSPS) is 16.3. The van der Waals surface area contributed by atoms with Crippen LogP contribution >= 0.6 is 0 Å². The van der Waals surface area contributed by atoms with E-state index in [2.05, 4.69) is 9.55 Å². The summed E-state index contributed by atoms with van der Waals surface area (Å²) in [6.07, 6.45) is 7.47. The molecular weight excluding hydrogens is 432 g/mol. The van der Waals surface area contributed by atoms with Crippen LogP contribution in [0.2, 0.25) is 0 Å². The van der Waals surface area contributed by atoms with Crippen molar-refractivity contribution in [3.05, 3.63) is 70.7 Å². The van der Waals surface area contributed by atoms with Gasteiger partial charge in [0.2, 0.25) is 0 Å². The summed E-state index contributed by atoms with van der Waals surface area (Å²) in [6, 6.07) is 10.0. The molecule has 1 fully saturated rings. The highest BCUT2D eigenvalue weighted by Gasteiger charge is 2.30. The number of para-hydroxylation sites is 2. The van der Waals surface area contributed by atoms with Crippen LogP contribution in [0, 0.1) is 0 Å². The van der Waals surface area contributed by atoms with Gasteiger partial charge in [-0.2, -0.15) is 0 Å². The zero-order valence-electron chi connectivity index (χ0n) is 18.8. The number of aromatic nitrogens is 5. The van der Waals surface area contributed by atoms with Gasteiger partial charge < -0.3 is 4.57 Å². The highest BCUT2D eigenvalue weighted by molar-refractivity contribution is 6.15. The average Bonchev–Trinajstić information content (AvgIpc) is 3.49. The molecule has 6 rings (SSSR count). The Kier molecular flexibility index (Phi) is 4.72. The van der Waals surface area contributed by atoms with Crippen molar-refractivity contribution in [3.63, 3.8) is 0 Å². The Morgan fingerprint density at radius 1 is 0.971 bits per heavy atom. The minimum Gasteiger partial charge on any atom is -0.326 e. The van der Waals surface area contributed by atoms with Gasteiger partial charge in [-0.05, 0) is 44.4 Å². The predicted molar refractivity (Wildman–Crippen MR) is 126 cm³/mol. The number of rotatable bonds is 7. The number of imidazole rings is 2. The van der Waals surface area contributed by atoms with Gasteiger partial charge in [0.15, 0.2) is 0 Å². The molecule has 0 bridgehead atoms. The van der Waals surface area contributed by atoms with Crippen LogP contribution in [0.15, 0.2) is 59.2 Å².